The van der Waals surface area contributed by atoms with Crippen LogP contribution in [0.4, 0.5) is 17.6 Å². The van der Waals surface area contributed by atoms with E-state index in [2.05, 4.69) is 10.3 Å². The van der Waals surface area contributed by atoms with Gasteiger partial charge in [0.25, 0.3) is 11.8 Å². The molecule has 26 heavy (non-hydrogen) atoms. The SMILES string of the molecule is COc1ncccc1C(=O)N[C@@H]1CN(C(=O)[C@@](C)(O)C(F)(F)F)C[C@@H]1F. The van der Waals surface area contributed by atoms with Crippen molar-refractivity contribution in [1.82, 2.24) is 15.2 Å². The maximum Gasteiger partial charge on any atom is 0.426 e. The largest absolute Gasteiger partial charge is 0.480 e. The molecule has 0 unspecified atom stereocenters. The van der Waals surface area contributed by atoms with E-state index in [9.17, 15) is 32.3 Å². The molecule has 0 bridgehead atoms. The van der Waals surface area contributed by atoms with Crippen molar-refractivity contribution >= 4 is 11.8 Å². The number of likely N-dealkylation sites (tertiary alicyclic amines) is 1. The lowest BCUT2D eigenvalue weighted by Crippen LogP contribution is -2.56. The summed E-state index contributed by atoms with van der Waals surface area (Å²) in [7, 11) is 1.28. The molecule has 0 radical (unpaired) electrons. The summed E-state index contributed by atoms with van der Waals surface area (Å²) in [6.07, 6.45) is -5.63. The molecule has 144 valence electrons. The quantitative estimate of drug-likeness (QED) is 0.751. The number of aliphatic hydroxyl groups is 1. The van der Waals surface area contributed by atoms with Gasteiger partial charge in [-0.25, -0.2) is 9.37 Å². The summed E-state index contributed by atoms with van der Waals surface area (Å²) in [6, 6.07) is 1.59. The number of hydrogen-bond acceptors (Lipinski definition) is 5. The number of carbonyl (C=O) groups excluding carboxylic acids is 2. The first-order valence-electron chi connectivity index (χ1n) is 7.51. The topological polar surface area (TPSA) is 91.8 Å². The molecule has 1 aliphatic heterocycles. The fourth-order valence-corrected chi connectivity index (χ4v) is 2.47. The Labute approximate surface area is 145 Å². The van der Waals surface area contributed by atoms with Gasteiger partial charge in [-0.15, -0.1) is 0 Å². The zero-order valence-electron chi connectivity index (χ0n) is 13.9. The highest BCUT2D eigenvalue weighted by atomic mass is 19.4. The van der Waals surface area contributed by atoms with E-state index in [4.69, 9.17) is 4.74 Å². The first kappa shape index (κ1) is 19.9. The van der Waals surface area contributed by atoms with E-state index in [1.807, 2.05) is 0 Å². The van der Waals surface area contributed by atoms with E-state index in [1.165, 1.54) is 25.4 Å². The summed E-state index contributed by atoms with van der Waals surface area (Å²) >= 11 is 0. The molecule has 3 atom stereocenters. The second-order valence-corrected chi connectivity index (χ2v) is 5.94. The van der Waals surface area contributed by atoms with Gasteiger partial charge in [-0.05, 0) is 19.1 Å². The summed E-state index contributed by atoms with van der Waals surface area (Å²) in [6.45, 7) is -0.893. The van der Waals surface area contributed by atoms with Gasteiger partial charge in [0.05, 0.1) is 19.7 Å². The van der Waals surface area contributed by atoms with Gasteiger partial charge in [0.1, 0.15) is 11.7 Å². The maximum atomic E-state index is 14.1. The minimum Gasteiger partial charge on any atom is -0.480 e. The summed E-state index contributed by atoms with van der Waals surface area (Å²) in [5, 5.41) is 11.7. The normalized spacial score (nSPS) is 22.7. The molecular weight excluding hydrogens is 362 g/mol. The molecule has 2 rings (SSSR count). The molecule has 7 nitrogen and oxygen atoms in total. The Morgan fingerprint density at radius 2 is 2.04 bits per heavy atom. The van der Waals surface area contributed by atoms with E-state index in [1.54, 1.807) is 0 Å². The Morgan fingerprint density at radius 3 is 2.62 bits per heavy atom. The highest BCUT2D eigenvalue weighted by molar-refractivity contribution is 5.96. The van der Waals surface area contributed by atoms with Gasteiger partial charge in [-0.3, -0.25) is 9.59 Å². The van der Waals surface area contributed by atoms with E-state index in [0.717, 1.165) is 0 Å². The first-order chi connectivity index (χ1) is 12.0. The third-order valence-electron chi connectivity index (χ3n) is 4.03. The van der Waals surface area contributed by atoms with Crippen LogP contribution in [0, 0.1) is 0 Å². The average Bonchev–Trinajstić information content (AvgIpc) is 2.93. The van der Waals surface area contributed by atoms with Gasteiger partial charge in [0.15, 0.2) is 0 Å². The van der Waals surface area contributed by atoms with Crippen LogP contribution < -0.4 is 10.1 Å². The van der Waals surface area contributed by atoms with Crippen LogP contribution in [0.1, 0.15) is 17.3 Å². The lowest BCUT2D eigenvalue weighted by molar-refractivity contribution is -0.249. The van der Waals surface area contributed by atoms with Crippen molar-refractivity contribution < 1.29 is 37.0 Å². The number of ether oxygens (including phenoxy) is 1. The van der Waals surface area contributed by atoms with Crippen molar-refractivity contribution in [1.29, 1.82) is 0 Å². The van der Waals surface area contributed by atoms with Gasteiger partial charge in [0, 0.05) is 12.7 Å². The number of nitrogens with zero attached hydrogens (tertiary/aromatic N) is 2. The van der Waals surface area contributed by atoms with Crippen LogP contribution in [0.2, 0.25) is 0 Å². The Hall–Kier alpha value is -2.43. The fraction of sp³-hybridized carbons (Fsp3) is 0.533. The number of rotatable bonds is 4. The van der Waals surface area contributed by atoms with Gasteiger partial charge >= 0.3 is 6.18 Å². The molecule has 2 heterocycles. The number of hydrogen-bond donors (Lipinski definition) is 2. The number of carbonyl (C=O) groups is 2. The predicted molar refractivity (Wildman–Crippen MR) is 80.2 cm³/mol. The molecule has 2 N–H and O–H groups in total. The first-order valence-corrected chi connectivity index (χ1v) is 7.51. The van der Waals surface area contributed by atoms with Gasteiger partial charge in [-0.2, -0.15) is 13.2 Å². The van der Waals surface area contributed by atoms with E-state index in [0.29, 0.717) is 11.8 Å². The zero-order valence-corrected chi connectivity index (χ0v) is 13.9. The van der Waals surface area contributed by atoms with Crippen molar-refractivity contribution in [3.05, 3.63) is 23.9 Å². The molecule has 1 fully saturated rings. The van der Waals surface area contributed by atoms with Crippen LogP contribution in [-0.2, 0) is 4.79 Å². The van der Waals surface area contributed by atoms with Crippen molar-refractivity contribution in [2.45, 2.75) is 30.9 Å². The molecule has 1 aliphatic rings. The lowest BCUT2D eigenvalue weighted by Gasteiger charge is -2.29. The van der Waals surface area contributed by atoms with E-state index >= 15 is 0 Å². The molecule has 0 aliphatic carbocycles. The number of aromatic nitrogens is 1. The standard InChI is InChI=1S/C15H17F4N3O4/c1-14(25,15(17,18)19)13(24)22-6-9(16)10(7-22)21-11(23)8-4-3-5-20-12(8)26-2/h3-5,9-10,25H,6-7H2,1-2H3,(H,21,23)/t9-,10+,14+/m0/s1. The molecule has 2 amide bonds. The fourth-order valence-electron chi connectivity index (χ4n) is 2.47. The molecule has 1 aromatic heterocycles. The van der Waals surface area contributed by atoms with Crippen molar-refractivity contribution in [3.63, 3.8) is 0 Å². The predicted octanol–water partition coefficient (Wildman–Crippen LogP) is 0.682. The number of methoxy groups -OCH3 is 1. The van der Waals surface area contributed by atoms with Crippen LogP contribution in [0.25, 0.3) is 0 Å². The van der Waals surface area contributed by atoms with Crippen LogP contribution >= 0.6 is 0 Å². The van der Waals surface area contributed by atoms with Gasteiger partial charge in [-0.1, -0.05) is 0 Å². The zero-order chi connectivity index (χ0) is 19.7. The third kappa shape index (κ3) is 3.71. The summed E-state index contributed by atoms with van der Waals surface area (Å²) < 4.78 is 57.3. The molecule has 1 saturated heterocycles. The lowest BCUT2D eigenvalue weighted by atomic mass is 10.1. The Balaban J connectivity index is 2.09. The van der Waals surface area contributed by atoms with Crippen molar-refractivity contribution in [2.75, 3.05) is 20.2 Å². The van der Waals surface area contributed by atoms with Crippen LogP contribution in [0.5, 0.6) is 5.88 Å². The van der Waals surface area contributed by atoms with Crippen LogP contribution in [-0.4, -0.2) is 71.0 Å². The van der Waals surface area contributed by atoms with E-state index < -0.39 is 48.9 Å². The number of pyridine rings is 1. The molecule has 0 saturated carbocycles. The summed E-state index contributed by atoms with van der Waals surface area (Å²) in [5.41, 5.74) is -3.63. The second kappa shape index (κ2) is 7.06. The number of halogens is 4. The Morgan fingerprint density at radius 1 is 1.38 bits per heavy atom. The summed E-state index contributed by atoms with van der Waals surface area (Å²) in [5.74, 6) is -2.44. The number of nitrogens with one attached hydrogen (secondary N) is 1. The van der Waals surface area contributed by atoms with Crippen LogP contribution in [0.3, 0.4) is 0 Å². The van der Waals surface area contributed by atoms with Crippen molar-refractivity contribution in [3.8, 4) is 5.88 Å². The minimum absolute atomic E-state index is 0.00802. The Bertz CT molecular complexity index is 696. The molecule has 0 spiro atoms. The Kier molecular flexibility index (Phi) is 5.40. The number of alkyl halides is 4. The highest BCUT2D eigenvalue weighted by Crippen LogP contribution is 2.32. The highest BCUT2D eigenvalue weighted by Gasteiger charge is 2.58. The summed E-state index contributed by atoms with van der Waals surface area (Å²) in [4.78, 5) is 28.5. The average molecular weight is 379 g/mol. The molecular formula is C15H17F4N3O4. The number of amides is 2. The molecule has 0 aromatic carbocycles. The monoisotopic (exact) mass is 379 g/mol. The minimum atomic E-state index is -5.21. The van der Waals surface area contributed by atoms with Gasteiger partial charge in [0.2, 0.25) is 11.5 Å². The van der Waals surface area contributed by atoms with Crippen LogP contribution in [0.15, 0.2) is 18.3 Å². The van der Waals surface area contributed by atoms with Crippen molar-refractivity contribution in [2.24, 2.45) is 0 Å². The molecule has 1 aromatic rings. The molecule has 11 heteroatoms. The van der Waals surface area contributed by atoms with Gasteiger partial charge < -0.3 is 20.1 Å². The maximum absolute atomic E-state index is 14.1. The van der Waals surface area contributed by atoms with E-state index in [-0.39, 0.29) is 11.4 Å². The second-order valence-electron chi connectivity index (χ2n) is 5.94. The third-order valence-corrected chi connectivity index (χ3v) is 4.03. The smallest absolute Gasteiger partial charge is 0.426 e.